The maximum absolute atomic E-state index is 10.5. The zero-order chi connectivity index (χ0) is 23.0. The summed E-state index contributed by atoms with van der Waals surface area (Å²) in [6, 6.07) is 26.9. The summed E-state index contributed by atoms with van der Waals surface area (Å²) in [5.41, 5.74) is 1.86. The second kappa shape index (κ2) is 10.5. The van der Waals surface area contributed by atoms with E-state index in [1.54, 1.807) is 72.8 Å². The van der Waals surface area contributed by atoms with Crippen molar-refractivity contribution in [3.8, 4) is 0 Å². The van der Waals surface area contributed by atoms with Gasteiger partial charge in [0.05, 0.1) is 0 Å². The monoisotopic (exact) mass is 444 g/mol. The van der Waals surface area contributed by atoms with Crippen molar-refractivity contribution in [2.24, 2.45) is 0 Å². The maximum Gasteiger partial charge on any atom is 0.231 e. The summed E-state index contributed by atoms with van der Waals surface area (Å²) in [6.45, 7) is 0. The Balaban J connectivity index is 1.59. The van der Waals surface area contributed by atoms with Gasteiger partial charge in [-0.2, -0.15) is 15.0 Å². The highest BCUT2D eigenvalue weighted by Crippen LogP contribution is 2.21. The van der Waals surface area contributed by atoms with Crippen LogP contribution in [0.1, 0.15) is 35.4 Å². The Bertz CT molecular complexity index is 990. The molecule has 0 fully saturated rings. The second-order valence-corrected chi connectivity index (χ2v) is 7.18. The van der Waals surface area contributed by atoms with Crippen molar-refractivity contribution in [2.45, 2.75) is 18.7 Å². The van der Waals surface area contributed by atoms with Gasteiger partial charge < -0.3 is 31.3 Å². The Hall–Kier alpha value is -4.05. The minimum Gasteiger partial charge on any atom is -0.369 e. The third-order valence-electron chi connectivity index (χ3n) is 4.78. The summed E-state index contributed by atoms with van der Waals surface area (Å²) in [7, 11) is 0. The topological polar surface area (TPSA) is 135 Å². The van der Waals surface area contributed by atoms with Crippen LogP contribution in [0.5, 0.6) is 0 Å². The van der Waals surface area contributed by atoms with E-state index in [9.17, 15) is 15.3 Å². The number of nitrogens with zero attached hydrogens (tertiary/aromatic N) is 3. The number of hydrogen-bond donors (Lipinski definition) is 6. The van der Waals surface area contributed by atoms with Gasteiger partial charge in [-0.05, 0) is 0 Å². The lowest BCUT2D eigenvalue weighted by Crippen LogP contribution is -2.19. The lowest BCUT2D eigenvalue weighted by atomic mass is 10.2. The van der Waals surface area contributed by atoms with Crippen LogP contribution in [0.2, 0.25) is 0 Å². The van der Waals surface area contributed by atoms with Gasteiger partial charge in [0.1, 0.15) is 0 Å². The Morgan fingerprint density at radius 2 is 0.667 bits per heavy atom. The molecule has 9 heteroatoms. The highest BCUT2D eigenvalue weighted by Gasteiger charge is 2.16. The fraction of sp³-hybridized carbons (Fsp3) is 0.125. The first kappa shape index (κ1) is 22.2. The van der Waals surface area contributed by atoms with Crippen molar-refractivity contribution in [1.82, 2.24) is 15.0 Å². The summed E-state index contributed by atoms with van der Waals surface area (Å²) in [4.78, 5) is 12.8. The van der Waals surface area contributed by atoms with Gasteiger partial charge in [-0.15, -0.1) is 0 Å². The third kappa shape index (κ3) is 6.01. The molecule has 0 aliphatic rings. The Morgan fingerprint density at radius 1 is 0.424 bits per heavy atom. The van der Waals surface area contributed by atoms with E-state index in [4.69, 9.17) is 0 Å². The number of anilines is 3. The standard InChI is InChI=1S/C24H24N6O3/c31-19(16-10-4-1-5-11-16)25-22-28-23(26-20(32)17-12-6-2-7-13-17)30-24(29-22)27-21(33)18-14-8-3-9-15-18/h1-15,19-21,31-33H,(H3,25,26,27,28,29,30). The van der Waals surface area contributed by atoms with Crippen molar-refractivity contribution in [1.29, 1.82) is 0 Å². The molecular formula is C24H24N6O3. The molecule has 3 atom stereocenters. The lowest BCUT2D eigenvalue weighted by molar-refractivity contribution is 0.205. The molecule has 1 aromatic heterocycles. The van der Waals surface area contributed by atoms with Crippen LogP contribution in [0.3, 0.4) is 0 Å². The SMILES string of the molecule is OC(Nc1nc(NC(O)c2ccccc2)nc(NC(O)c2ccccc2)n1)c1ccccc1. The highest BCUT2D eigenvalue weighted by molar-refractivity contribution is 5.45. The number of benzene rings is 3. The van der Waals surface area contributed by atoms with E-state index in [2.05, 4.69) is 30.9 Å². The van der Waals surface area contributed by atoms with E-state index in [-0.39, 0.29) is 17.8 Å². The van der Waals surface area contributed by atoms with Crippen molar-refractivity contribution >= 4 is 17.8 Å². The number of aromatic nitrogens is 3. The molecule has 0 aliphatic carbocycles. The van der Waals surface area contributed by atoms with Crippen LogP contribution in [0.25, 0.3) is 0 Å². The maximum atomic E-state index is 10.5. The molecule has 0 bridgehead atoms. The van der Waals surface area contributed by atoms with Crippen LogP contribution >= 0.6 is 0 Å². The minimum absolute atomic E-state index is 0.0480. The van der Waals surface area contributed by atoms with Crippen molar-refractivity contribution in [2.75, 3.05) is 16.0 Å². The zero-order valence-electron chi connectivity index (χ0n) is 17.6. The molecule has 3 aromatic carbocycles. The predicted octanol–water partition coefficient (Wildman–Crippen LogP) is 3.18. The molecule has 1 heterocycles. The molecule has 0 radical (unpaired) electrons. The summed E-state index contributed by atoms with van der Waals surface area (Å²) in [5.74, 6) is 0.144. The molecule has 33 heavy (non-hydrogen) atoms. The smallest absolute Gasteiger partial charge is 0.231 e. The first-order valence-corrected chi connectivity index (χ1v) is 10.3. The molecule has 0 spiro atoms. The van der Waals surface area contributed by atoms with Crippen molar-refractivity contribution in [3.63, 3.8) is 0 Å². The van der Waals surface area contributed by atoms with Gasteiger partial charge in [-0.1, -0.05) is 91.0 Å². The molecule has 6 N–H and O–H groups in total. The molecule has 0 saturated heterocycles. The number of rotatable bonds is 9. The largest absolute Gasteiger partial charge is 0.369 e. The summed E-state index contributed by atoms with van der Waals surface area (Å²) in [5, 5.41) is 40.0. The average Bonchev–Trinajstić information content (AvgIpc) is 2.85. The molecule has 168 valence electrons. The van der Waals surface area contributed by atoms with Gasteiger partial charge >= 0.3 is 0 Å². The normalized spacial score (nSPS) is 13.5. The van der Waals surface area contributed by atoms with E-state index >= 15 is 0 Å². The van der Waals surface area contributed by atoms with Crippen LogP contribution in [-0.2, 0) is 0 Å². The Morgan fingerprint density at radius 3 is 0.909 bits per heavy atom. The third-order valence-corrected chi connectivity index (χ3v) is 4.78. The molecule has 9 nitrogen and oxygen atoms in total. The molecule has 0 amide bonds. The number of aliphatic hydroxyl groups is 3. The van der Waals surface area contributed by atoms with Gasteiger partial charge in [0.15, 0.2) is 18.7 Å². The van der Waals surface area contributed by atoms with Gasteiger partial charge in [-0.25, -0.2) is 0 Å². The summed E-state index contributed by atoms with van der Waals surface area (Å²) < 4.78 is 0. The van der Waals surface area contributed by atoms with Gasteiger partial charge in [0.25, 0.3) is 0 Å². The van der Waals surface area contributed by atoms with E-state index in [0.29, 0.717) is 16.7 Å². The van der Waals surface area contributed by atoms with Gasteiger partial charge in [-0.3, -0.25) is 0 Å². The van der Waals surface area contributed by atoms with Crippen LogP contribution in [0, 0.1) is 0 Å². The van der Waals surface area contributed by atoms with Crippen LogP contribution in [0.4, 0.5) is 17.8 Å². The molecule has 0 aliphatic heterocycles. The molecule has 0 saturated carbocycles. The van der Waals surface area contributed by atoms with Crippen LogP contribution in [-0.4, -0.2) is 30.3 Å². The quantitative estimate of drug-likeness (QED) is 0.215. The predicted molar refractivity (Wildman–Crippen MR) is 125 cm³/mol. The van der Waals surface area contributed by atoms with E-state index in [0.717, 1.165) is 0 Å². The molecule has 4 rings (SSSR count). The lowest BCUT2D eigenvalue weighted by Gasteiger charge is -2.18. The van der Waals surface area contributed by atoms with Crippen LogP contribution in [0.15, 0.2) is 91.0 Å². The van der Waals surface area contributed by atoms with Crippen molar-refractivity contribution < 1.29 is 15.3 Å². The number of nitrogens with one attached hydrogen (secondary N) is 3. The van der Waals surface area contributed by atoms with Crippen molar-refractivity contribution in [3.05, 3.63) is 108 Å². The van der Waals surface area contributed by atoms with E-state index in [1.807, 2.05) is 18.2 Å². The first-order valence-electron chi connectivity index (χ1n) is 10.3. The minimum atomic E-state index is -1.08. The van der Waals surface area contributed by atoms with E-state index in [1.165, 1.54) is 0 Å². The highest BCUT2D eigenvalue weighted by atomic mass is 16.3. The molecule has 4 aromatic rings. The fourth-order valence-electron chi connectivity index (χ4n) is 3.09. The van der Waals surface area contributed by atoms with Gasteiger partial charge in [0, 0.05) is 16.7 Å². The fourth-order valence-corrected chi connectivity index (χ4v) is 3.09. The van der Waals surface area contributed by atoms with E-state index < -0.39 is 18.7 Å². The zero-order valence-corrected chi connectivity index (χ0v) is 17.6. The molecular weight excluding hydrogens is 420 g/mol. The van der Waals surface area contributed by atoms with Crippen LogP contribution < -0.4 is 16.0 Å². The summed E-state index contributed by atoms with van der Waals surface area (Å²) in [6.07, 6.45) is -3.23. The Kier molecular flexibility index (Phi) is 7.06. The summed E-state index contributed by atoms with van der Waals surface area (Å²) >= 11 is 0. The second-order valence-electron chi connectivity index (χ2n) is 7.18. The van der Waals surface area contributed by atoms with Gasteiger partial charge in [0.2, 0.25) is 17.8 Å². The number of aliphatic hydroxyl groups excluding tert-OH is 3. The molecule has 3 unspecified atom stereocenters. The average molecular weight is 444 g/mol. The Labute approximate surface area is 190 Å². The number of hydrogen-bond acceptors (Lipinski definition) is 9. The first-order chi connectivity index (χ1) is 16.1.